The van der Waals surface area contributed by atoms with E-state index < -0.39 is 0 Å². The molecule has 3 atom stereocenters. The highest BCUT2D eigenvalue weighted by atomic mass is 127. The van der Waals surface area contributed by atoms with Crippen LogP contribution in [0.15, 0.2) is 47.7 Å². The van der Waals surface area contributed by atoms with Crippen molar-refractivity contribution in [3.8, 4) is 0 Å². The van der Waals surface area contributed by atoms with Crippen LogP contribution in [0.25, 0.3) is 0 Å². The van der Waals surface area contributed by atoms with E-state index in [0.29, 0.717) is 18.0 Å². The molecule has 0 amide bonds. The van der Waals surface area contributed by atoms with Gasteiger partial charge in [0.1, 0.15) is 0 Å². The fourth-order valence-electron chi connectivity index (χ4n) is 3.98. The van der Waals surface area contributed by atoms with Crippen molar-refractivity contribution in [3.63, 3.8) is 0 Å². The second-order valence-corrected chi connectivity index (χ2v) is 7.63. The van der Waals surface area contributed by atoms with Crippen molar-refractivity contribution in [2.24, 2.45) is 12.0 Å². The van der Waals surface area contributed by atoms with Crippen molar-refractivity contribution in [1.29, 1.82) is 0 Å². The van der Waals surface area contributed by atoms with Gasteiger partial charge in [-0.25, -0.2) is 0 Å². The van der Waals surface area contributed by atoms with Crippen molar-refractivity contribution < 1.29 is 0 Å². The van der Waals surface area contributed by atoms with Gasteiger partial charge < -0.3 is 15.5 Å². The van der Waals surface area contributed by atoms with E-state index in [-0.39, 0.29) is 24.0 Å². The van der Waals surface area contributed by atoms with Crippen LogP contribution in [-0.4, -0.2) is 47.5 Å². The Morgan fingerprint density at radius 1 is 1.25 bits per heavy atom. The number of aliphatic imine (C=N–C) groups is 1. The summed E-state index contributed by atoms with van der Waals surface area (Å²) in [4.78, 5) is 7.11. The number of hydrogen-bond donors (Lipinski definition) is 2. The number of nitrogens with zero attached hydrogens (tertiary/aromatic N) is 4. The van der Waals surface area contributed by atoms with E-state index in [2.05, 4.69) is 69.1 Å². The van der Waals surface area contributed by atoms with Crippen LogP contribution < -0.4 is 15.5 Å². The molecule has 1 aromatic heterocycles. The average Bonchev–Trinajstić information content (AvgIpc) is 3.32. The minimum absolute atomic E-state index is 0. The molecule has 6 nitrogen and oxygen atoms in total. The number of aromatic nitrogens is 2. The molecule has 2 aromatic rings. The van der Waals surface area contributed by atoms with Crippen molar-refractivity contribution in [3.05, 3.63) is 48.3 Å². The molecular formula is C21H31IN6. The van der Waals surface area contributed by atoms with Gasteiger partial charge in [0.25, 0.3) is 0 Å². The smallest absolute Gasteiger partial charge is 0.191 e. The molecule has 2 N–H and O–H groups in total. The summed E-state index contributed by atoms with van der Waals surface area (Å²) in [6, 6.07) is 11.7. The lowest BCUT2D eigenvalue weighted by molar-refractivity contribution is 0.467. The molecule has 4 rings (SSSR count). The summed E-state index contributed by atoms with van der Waals surface area (Å²) in [5, 5.41) is 11.6. The van der Waals surface area contributed by atoms with Crippen LogP contribution in [0.5, 0.6) is 0 Å². The SMILES string of the molecule is CCN=C(NC1CCCN(c2cnn(C)c2)C1)NC1CC1c1ccccc1.I. The largest absolute Gasteiger partial charge is 0.367 e. The number of nitrogens with one attached hydrogen (secondary N) is 2. The number of piperidine rings is 1. The number of benzene rings is 1. The van der Waals surface area contributed by atoms with Crippen molar-refractivity contribution in [2.75, 3.05) is 24.5 Å². The lowest BCUT2D eigenvalue weighted by Gasteiger charge is -2.34. The summed E-state index contributed by atoms with van der Waals surface area (Å²) in [7, 11) is 1.97. The highest BCUT2D eigenvalue weighted by Crippen LogP contribution is 2.40. The van der Waals surface area contributed by atoms with E-state index >= 15 is 0 Å². The molecule has 1 saturated heterocycles. The summed E-state index contributed by atoms with van der Waals surface area (Å²) in [6.07, 6.45) is 7.59. The Balaban J connectivity index is 0.00000225. The molecule has 1 aromatic carbocycles. The first-order chi connectivity index (χ1) is 13.2. The van der Waals surface area contributed by atoms with Crippen molar-refractivity contribution in [2.45, 2.75) is 44.2 Å². The molecule has 28 heavy (non-hydrogen) atoms. The van der Waals surface area contributed by atoms with Gasteiger partial charge in [0.2, 0.25) is 0 Å². The first-order valence-electron chi connectivity index (χ1n) is 10.1. The minimum atomic E-state index is 0. The fraction of sp³-hybridized carbons (Fsp3) is 0.524. The second-order valence-electron chi connectivity index (χ2n) is 7.63. The third-order valence-corrected chi connectivity index (χ3v) is 5.48. The second kappa shape index (κ2) is 9.62. The Hall–Kier alpha value is -1.77. The van der Waals surface area contributed by atoms with Crippen molar-refractivity contribution in [1.82, 2.24) is 20.4 Å². The molecule has 152 valence electrons. The fourth-order valence-corrected chi connectivity index (χ4v) is 3.98. The number of rotatable bonds is 5. The molecular weight excluding hydrogens is 463 g/mol. The Kier molecular flexibility index (Phi) is 7.20. The van der Waals surface area contributed by atoms with E-state index in [1.165, 1.54) is 30.5 Å². The molecule has 2 heterocycles. The standard InChI is InChI=1S/C21H30N6.HI/c1-3-22-21(25-20-12-19(20)16-8-5-4-6-9-16)24-17-10-7-11-27(14-17)18-13-23-26(2)15-18;/h4-6,8-9,13,15,17,19-20H,3,7,10-12,14H2,1-2H3,(H2,22,24,25);1H. The van der Waals surface area contributed by atoms with Gasteiger partial charge in [-0.2, -0.15) is 5.10 Å². The monoisotopic (exact) mass is 494 g/mol. The van der Waals surface area contributed by atoms with Gasteiger partial charge in [-0.1, -0.05) is 30.3 Å². The van der Waals surface area contributed by atoms with Crippen LogP contribution in [0.3, 0.4) is 0 Å². The van der Waals surface area contributed by atoms with Crippen LogP contribution >= 0.6 is 24.0 Å². The lowest BCUT2D eigenvalue weighted by Crippen LogP contribution is -2.51. The zero-order valence-corrected chi connectivity index (χ0v) is 19.0. The Morgan fingerprint density at radius 3 is 2.79 bits per heavy atom. The van der Waals surface area contributed by atoms with Crippen LogP contribution in [0.2, 0.25) is 0 Å². The van der Waals surface area contributed by atoms with Crippen LogP contribution in [-0.2, 0) is 7.05 Å². The van der Waals surface area contributed by atoms with Gasteiger partial charge >= 0.3 is 0 Å². The van der Waals surface area contributed by atoms with Crippen LogP contribution in [0, 0.1) is 0 Å². The molecule has 3 unspecified atom stereocenters. The molecule has 0 spiro atoms. The van der Waals surface area contributed by atoms with E-state index in [9.17, 15) is 0 Å². The summed E-state index contributed by atoms with van der Waals surface area (Å²) in [5.41, 5.74) is 2.63. The van der Waals surface area contributed by atoms with Gasteiger partial charge in [-0.05, 0) is 31.7 Å². The number of guanidine groups is 1. The van der Waals surface area contributed by atoms with E-state index in [0.717, 1.165) is 25.6 Å². The van der Waals surface area contributed by atoms with E-state index in [1.807, 2.05) is 17.9 Å². The zero-order valence-electron chi connectivity index (χ0n) is 16.7. The zero-order chi connectivity index (χ0) is 18.6. The van der Waals surface area contributed by atoms with Gasteiger partial charge in [0.05, 0.1) is 11.9 Å². The Labute approximate surface area is 184 Å². The van der Waals surface area contributed by atoms with E-state index in [4.69, 9.17) is 0 Å². The summed E-state index contributed by atoms with van der Waals surface area (Å²) in [6.45, 7) is 4.96. The van der Waals surface area contributed by atoms with Crippen LogP contribution in [0.1, 0.15) is 37.7 Å². The molecule has 7 heteroatoms. The summed E-state index contributed by atoms with van der Waals surface area (Å²) < 4.78 is 1.87. The van der Waals surface area contributed by atoms with Gasteiger partial charge in [-0.3, -0.25) is 9.67 Å². The first kappa shape index (κ1) is 21.0. The third-order valence-electron chi connectivity index (χ3n) is 5.48. The van der Waals surface area contributed by atoms with Crippen LogP contribution in [0.4, 0.5) is 5.69 Å². The van der Waals surface area contributed by atoms with Gasteiger partial charge in [0.15, 0.2) is 5.96 Å². The predicted octanol–water partition coefficient (Wildman–Crippen LogP) is 3.12. The molecule has 1 aliphatic carbocycles. The number of halogens is 1. The summed E-state index contributed by atoms with van der Waals surface area (Å²) >= 11 is 0. The molecule has 2 fully saturated rings. The molecule has 1 aliphatic heterocycles. The Bertz CT molecular complexity index is 774. The maximum atomic E-state index is 4.69. The Morgan fingerprint density at radius 2 is 2.07 bits per heavy atom. The maximum absolute atomic E-state index is 4.69. The third kappa shape index (κ3) is 5.18. The quantitative estimate of drug-likeness (QED) is 0.381. The number of hydrogen-bond acceptors (Lipinski definition) is 3. The predicted molar refractivity (Wildman–Crippen MR) is 126 cm³/mol. The highest BCUT2D eigenvalue weighted by Gasteiger charge is 2.39. The number of aryl methyl sites for hydroxylation is 1. The highest BCUT2D eigenvalue weighted by molar-refractivity contribution is 14.0. The minimum Gasteiger partial charge on any atom is -0.367 e. The summed E-state index contributed by atoms with van der Waals surface area (Å²) in [5.74, 6) is 1.56. The lowest BCUT2D eigenvalue weighted by atomic mass is 10.1. The van der Waals surface area contributed by atoms with Crippen molar-refractivity contribution >= 4 is 35.6 Å². The van der Waals surface area contributed by atoms with Gasteiger partial charge in [0, 0.05) is 50.9 Å². The maximum Gasteiger partial charge on any atom is 0.191 e. The molecule has 2 aliphatic rings. The number of anilines is 1. The normalized spacial score (nSPS) is 24.4. The average molecular weight is 494 g/mol. The van der Waals surface area contributed by atoms with Gasteiger partial charge in [-0.15, -0.1) is 24.0 Å². The molecule has 0 bridgehead atoms. The topological polar surface area (TPSA) is 57.5 Å². The first-order valence-corrected chi connectivity index (χ1v) is 10.1. The molecule has 1 saturated carbocycles. The van der Waals surface area contributed by atoms with E-state index in [1.54, 1.807) is 0 Å². The molecule has 0 radical (unpaired) electrons.